The first-order valence-corrected chi connectivity index (χ1v) is 10.8. The Hall–Kier alpha value is -3.77. The number of fused-ring (bicyclic) bond motifs is 2. The fourth-order valence-electron chi connectivity index (χ4n) is 4.27. The third-order valence-corrected chi connectivity index (χ3v) is 6.17. The maximum atomic E-state index is 13.5. The molecule has 0 aliphatic carbocycles. The van der Waals surface area contributed by atoms with Gasteiger partial charge in [0.25, 0.3) is 5.91 Å². The van der Waals surface area contributed by atoms with E-state index < -0.39 is 6.04 Å². The zero-order valence-corrected chi connectivity index (χ0v) is 18.5. The number of phenolic OH excluding ortho intramolecular Hbond substituents is 1. The van der Waals surface area contributed by atoms with E-state index in [-0.39, 0.29) is 28.4 Å². The van der Waals surface area contributed by atoms with Gasteiger partial charge in [0, 0.05) is 11.6 Å². The Bertz CT molecular complexity index is 1410. The van der Waals surface area contributed by atoms with Crippen molar-refractivity contribution in [1.82, 2.24) is 4.90 Å². The number of ether oxygens (including phenoxy) is 1. The van der Waals surface area contributed by atoms with Gasteiger partial charge in [0.15, 0.2) is 5.43 Å². The lowest BCUT2D eigenvalue weighted by atomic mass is 9.98. The summed E-state index contributed by atoms with van der Waals surface area (Å²) < 4.78 is 11.1. The Kier molecular flexibility index (Phi) is 5.30. The largest absolute Gasteiger partial charge is 0.508 e. The average Bonchev–Trinajstić information content (AvgIpc) is 3.11. The molecule has 0 spiro atoms. The molecule has 4 aromatic rings. The van der Waals surface area contributed by atoms with Gasteiger partial charge in [-0.05, 0) is 60.0 Å². The third-order valence-electron chi connectivity index (χ3n) is 5.94. The van der Waals surface area contributed by atoms with Gasteiger partial charge >= 0.3 is 0 Å². The zero-order chi connectivity index (χ0) is 23.1. The number of rotatable bonds is 5. The molecule has 33 heavy (non-hydrogen) atoms. The molecule has 1 atom stereocenters. The number of halogens is 1. The van der Waals surface area contributed by atoms with Crippen molar-refractivity contribution in [3.05, 3.63) is 104 Å². The summed E-state index contributed by atoms with van der Waals surface area (Å²) in [5, 5.41) is 10.5. The van der Waals surface area contributed by atoms with E-state index >= 15 is 0 Å². The Morgan fingerprint density at radius 1 is 1.03 bits per heavy atom. The maximum absolute atomic E-state index is 13.5. The molecule has 2 heterocycles. The fraction of sp³-hybridized carbons (Fsp3) is 0.154. The van der Waals surface area contributed by atoms with E-state index in [0.29, 0.717) is 34.5 Å². The summed E-state index contributed by atoms with van der Waals surface area (Å²) in [7, 11) is 1.61. The second kappa shape index (κ2) is 8.30. The molecule has 6 nitrogen and oxygen atoms in total. The second-order valence-corrected chi connectivity index (χ2v) is 8.34. The highest BCUT2D eigenvalue weighted by Crippen LogP contribution is 2.38. The van der Waals surface area contributed by atoms with Crippen LogP contribution in [0.15, 0.2) is 75.9 Å². The lowest BCUT2D eigenvalue weighted by molar-refractivity contribution is 0.0730. The Balaban J connectivity index is 1.60. The van der Waals surface area contributed by atoms with E-state index in [2.05, 4.69) is 0 Å². The molecule has 166 valence electrons. The number of amides is 1. The van der Waals surface area contributed by atoms with Crippen molar-refractivity contribution >= 4 is 28.5 Å². The summed E-state index contributed by atoms with van der Waals surface area (Å²) in [4.78, 5) is 28.6. The number of hydrogen-bond donors (Lipinski definition) is 1. The Labute approximate surface area is 194 Å². The monoisotopic (exact) mass is 461 g/mol. The molecule has 0 radical (unpaired) electrons. The molecule has 5 rings (SSSR count). The summed E-state index contributed by atoms with van der Waals surface area (Å²) in [6.07, 6.45) is 0.581. The fourth-order valence-corrected chi connectivity index (χ4v) is 4.44. The summed E-state index contributed by atoms with van der Waals surface area (Å²) >= 11 is 6.11. The van der Waals surface area contributed by atoms with Gasteiger partial charge in [-0.3, -0.25) is 9.59 Å². The predicted octanol–water partition coefficient (Wildman–Crippen LogP) is 4.95. The summed E-state index contributed by atoms with van der Waals surface area (Å²) in [6.45, 7) is 0.372. The van der Waals surface area contributed by atoms with Crippen LogP contribution in [-0.2, 0) is 6.42 Å². The topological polar surface area (TPSA) is 80.0 Å². The highest BCUT2D eigenvalue weighted by atomic mass is 35.5. The molecule has 1 aliphatic rings. The first-order chi connectivity index (χ1) is 16.0. The Morgan fingerprint density at radius 2 is 1.76 bits per heavy atom. The first-order valence-electron chi connectivity index (χ1n) is 10.5. The lowest BCUT2D eigenvalue weighted by Crippen LogP contribution is -2.31. The predicted molar refractivity (Wildman–Crippen MR) is 125 cm³/mol. The number of phenols is 1. The molecule has 1 aliphatic heterocycles. The van der Waals surface area contributed by atoms with E-state index in [0.717, 1.165) is 11.3 Å². The number of benzene rings is 3. The van der Waals surface area contributed by atoms with Crippen molar-refractivity contribution in [3.8, 4) is 11.5 Å². The molecule has 3 aromatic carbocycles. The van der Waals surface area contributed by atoms with E-state index in [4.69, 9.17) is 20.8 Å². The van der Waals surface area contributed by atoms with Crippen LogP contribution in [0.2, 0.25) is 5.02 Å². The molecular weight excluding hydrogens is 442 g/mol. The molecule has 0 fully saturated rings. The number of carbonyl (C=O) groups excluding carboxylic acids is 1. The van der Waals surface area contributed by atoms with Gasteiger partial charge in [0.1, 0.15) is 17.1 Å². The van der Waals surface area contributed by atoms with E-state index in [9.17, 15) is 14.7 Å². The van der Waals surface area contributed by atoms with Crippen molar-refractivity contribution < 1.29 is 19.1 Å². The molecule has 0 saturated heterocycles. The normalized spacial score (nSPS) is 15.2. The number of aromatic hydroxyl groups is 1. The zero-order valence-electron chi connectivity index (χ0n) is 17.7. The van der Waals surface area contributed by atoms with Crippen LogP contribution in [0.3, 0.4) is 0 Å². The van der Waals surface area contributed by atoms with Gasteiger partial charge < -0.3 is 19.2 Å². The van der Waals surface area contributed by atoms with Crippen LogP contribution >= 0.6 is 11.6 Å². The van der Waals surface area contributed by atoms with Gasteiger partial charge in [-0.2, -0.15) is 0 Å². The number of methoxy groups -OCH3 is 1. The van der Waals surface area contributed by atoms with Crippen LogP contribution in [0.1, 0.15) is 33.3 Å². The van der Waals surface area contributed by atoms with E-state index in [1.54, 1.807) is 54.5 Å². The summed E-state index contributed by atoms with van der Waals surface area (Å²) in [5.41, 5.74) is 2.06. The highest BCUT2D eigenvalue weighted by molar-refractivity contribution is 6.31. The lowest BCUT2D eigenvalue weighted by Gasteiger charge is -2.25. The van der Waals surface area contributed by atoms with Crippen LogP contribution in [0.5, 0.6) is 11.5 Å². The molecular formula is C26H20ClNO5. The van der Waals surface area contributed by atoms with Crippen molar-refractivity contribution in [2.24, 2.45) is 0 Å². The minimum absolute atomic E-state index is 0.0441. The van der Waals surface area contributed by atoms with Crippen LogP contribution in [0.25, 0.3) is 11.0 Å². The third kappa shape index (κ3) is 3.72. The second-order valence-electron chi connectivity index (χ2n) is 7.91. The first kappa shape index (κ1) is 21.1. The number of nitrogens with zero attached hydrogens (tertiary/aromatic N) is 1. The van der Waals surface area contributed by atoms with Gasteiger partial charge in [0.2, 0.25) is 5.76 Å². The van der Waals surface area contributed by atoms with Crippen LogP contribution in [0.4, 0.5) is 0 Å². The van der Waals surface area contributed by atoms with Gasteiger partial charge in [-0.25, -0.2) is 0 Å². The summed E-state index contributed by atoms with van der Waals surface area (Å²) in [5.74, 6) is 0.559. The quantitative estimate of drug-likeness (QED) is 0.455. The SMILES string of the molecule is COc1ccc(CCN2C(=O)c3oc4ccc(Cl)cc4c(=O)c3[C@H]2c2ccc(O)cc2)cc1. The van der Waals surface area contributed by atoms with Crippen molar-refractivity contribution in [1.29, 1.82) is 0 Å². The molecule has 7 heteroatoms. The van der Waals surface area contributed by atoms with Gasteiger partial charge in [0.05, 0.1) is 24.1 Å². The van der Waals surface area contributed by atoms with E-state index in [1.165, 1.54) is 0 Å². The van der Waals surface area contributed by atoms with Crippen molar-refractivity contribution in [2.75, 3.05) is 13.7 Å². The minimum Gasteiger partial charge on any atom is -0.508 e. The molecule has 1 amide bonds. The van der Waals surface area contributed by atoms with Crippen molar-refractivity contribution in [2.45, 2.75) is 12.5 Å². The van der Waals surface area contributed by atoms with Crippen LogP contribution in [-0.4, -0.2) is 29.6 Å². The van der Waals surface area contributed by atoms with Crippen LogP contribution in [0, 0.1) is 0 Å². The number of carbonyl (C=O) groups is 1. The van der Waals surface area contributed by atoms with Crippen LogP contribution < -0.4 is 10.2 Å². The molecule has 0 bridgehead atoms. The Morgan fingerprint density at radius 3 is 2.45 bits per heavy atom. The smallest absolute Gasteiger partial charge is 0.290 e. The highest BCUT2D eigenvalue weighted by Gasteiger charge is 2.42. The molecule has 1 aromatic heterocycles. The molecule has 1 N–H and O–H groups in total. The number of hydrogen-bond acceptors (Lipinski definition) is 5. The summed E-state index contributed by atoms with van der Waals surface area (Å²) in [6, 6.07) is 18.3. The minimum atomic E-state index is -0.633. The van der Waals surface area contributed by atoms with Crippen molar-refractivity contribution in [3.63, 3.8) is 0 Å². The van der Waals surface area contributed by atoms with Gasteiger partial charge in [-0.15, -0.1) is 0 Å². The standard InChI is InChI=1S/C26H20ClNO5/c1-32-19-9-2-15(3-10-19)12-13-28-23(16-4-7-18(29)8-5-16)22-24(30)20-14-17(27)6-11-21(20)33-25(22)26(28)31/h2-11,14,23,29H,12-13H2,1H3/t23-/m1/s1. The molecule has 0 saturated carbocycles. The van der Waals surface area contributed by atoms with E-state index in [1.807, 2.05) is 24.3 Å². The molecule has 0 unspecified atom stereocenters. The van der Waals surface area contributed by atoms with Gasteiger partial charge in [-0.1, -0.05) is 35.9 Å². The maximum Gasteiger partial charge on any atom is 0.290 e. The average molecular weight is 462 g/mol.